The van der Waals surface area contributed by atoms with Crippen molar-refractivity contribution in [3.05, 3.63) is 29.8 Å². The number of ether oxygens (including phenoxy) is 2. The van der Waals surface area contributed by atoms with Crippen molar-refractivity contribution in [1.29, 1.82) is 0 Å². The van der Waals surface area contributed by atoms with Crippen LogP contribution in [-0.4, -0.2) is 43.9 Å². The molecule has 1 atom stereocenters. The molecule has 7 nitrogen and oxygen atoms in total. The molecule has 2 N–H and O–H groups in total. The summed E-state index contributed by atoms with van der Waals surface area (Å²) in [6.45, 7) is 0.179. The number of hydrogen-bond donors (Lipinski definition) is 2. The molecule has 1 unspecified atom stereocenters. The lowest BCUT2D eigenvalue weighted by molar-refractivity contribution is -0.136. The number of hydrogen-bond acceptors (Lipinski definition) is 5. The number of carbonyl (C=O) groups excluding carboxylic acids is 1. The van der Waals surface area contributed by atoms with Gasteiger partial charge in [-0.1, -0.05) is 12.1 Å². The molecular weight excluding hydrogens is 324 g/mol. The van der Waals surface area contributed by atoms with Gasteiger partial charge in [-0.05, 0) is 17.7 Å². The molecule has 0 radical (unpaired) electrons. The molecule has 1 amide bonds. The molecule has 1 aliphatic heterocycles. The van der Waals surface area contributed by atoms with Crippen molar-refractivity contribution in [2.45, 2.75) is 11.4 Å². The summed E-state index contributed by atoms with van der Waals surface area (Å²) < 4.78 is 65.0. The van der Waals surface area contributed by atoms with Crippen LogP contribution in [0.1, 0.15) is 11.7 Å². The van der Waals surface area contributed by atoms with Crippen LogP contribution in [0.3, 0.4) is 0 Å². The maximum atomic E-state index is 12.9. The highest BCUT2D eigenvalue weighted by molar-refractivity contribution is 7.87. The zero-order chi connectivity index (χ0) is 16.4. The van der Waals surface area contributed by atoms with Gasteiger partial charge in [0.1, 0.15) is 18.5 Å². The van der Waals surface area contributed by atoms with Gasteiger partial charge >= 0.3 is 21.3 Å². The summed E-state index contributed by atoms with van der Waals surface area (Å²) >= 11 is 0. The van der Waals surface area contributed by atoms with Gasteiger partial charge in [-0.3, -0.25) is 9.35 Å². The normalized spacial score (nSPS) is 17.9. The highest BCUT2D eigenvalue weighted by Crippen LogP contribution is 2.30. The zero-order valence-electron chi connectivity index (χ0n) is 11.2. The van der Waals surface area contributed by atoms with Crippen LogP contribution in [-0.2, 0) is 19.6 Å². The molecule has 1 aromatic carbocycles. The topological polar surface area (TPSA) is 105 Å². The quantitative estimate of drug-likeness (QED) is 0.432. The van der Waals surface area contributed by atoms with Crippen LogP contribution in [0.15, 0.2) is 24.3 Å². The van der Waals surface area contributed by atoms with Crippen molar-refractivity contribution in [2.24, 2.45) is 0 Å². The van der Waals surface area contributed by atoms with Gasteiger partial charge in [-0.25, -0.2) is 0 Å². The van der Waals surface area contributed by atoms with Crippen LogP contribution in [0.4, 0.5) is 8.78 Å². The fourth-order valence-electron chi connectivity index (χ4n) is 1.57. The summed E-state index contributed by atoms with van der Waals surface area (Å²) in [4.78, 5) is 11.0. The third-order valence-electron chi connectivity index (χ3n) is 2.83. The lowest BCUT2D eigenvalue weighted by Crippen LogP contribution is -2.46. The van der Waals surface area contributed by atoms with E-state index in [4.69, 9.17) is 14.0 Å². The fourth-order valence-corrected chi connectivity index (χ4v) is 1.88. The van der Waals surface area contributed by atoms with Crippen molar-refractivity contribution >= 4 is 16.0 Å². The van der Waals surface area contributed by atoms with Crippen molar-refractivity contribution in [2.75, 3.05) is 19.8 Å². The molecule has 1 aliphatic rings. The molecule has 1 aromatic rings. The molecule has 1 fully saturated rings. The zero-order valence-corrected chi connectivity index (χ0v) is 12.0. The first kappa shape index (κ1) is 16.6. The first-order valence-corrected chi connectivity index (χ1v) is 7.63. The first-order valence-electron chi connectivity index (χ1n) is 6.19. The Bertz CT molecular complexity index is 642. The Morgan fingerprint density at radius 1 is 1.41 bits per heavy atom. The van der Waals surface area contributed by atoms with E-state index in [1.165, 1.54) is 0 Å². The highest BCUT2D eigenvalue weighted by Gasteiger charge is 2.52. The van der Waals surface area contributed by atoms with Crippen LogP contribution < -0.4 is 10.1 Å². The lowest BCUT2D eigenvalue weighted by atomic mass is 10.2. The molecule has 22 heavy (non-hydrogen) atoms. The van der Waals surface area contributed by atoms with E-state index < -0.39 is 21.3 Å². The van der Waals surface area contributed by atoms with Crippen LogP contribution >= 0.6 is 0 Å². The van der Waals surface area contributed by atoms with Crippen molar-refractivity contribution < 1.29 is 36.0 Å². The molecular formula is C12H13F2NO6S. The van der Waals surface area contributed by atoms with E-state index in [9.17, 15) is 22.0 Å². The minimum Gasteiger partial charge on any atom is -0.492 e. The maximum Gasteiger partial charge on any atom is 0.446 e. The smallest absolute Gasteiger partial charge is 0.446 e. The van der Waals surface area contributed by atoms with Gasteiger partial charge in [0.2, 0.25) is 0 Å². The number of rotatable bonds is 7. The van der Waals surface area contributed by atoms with Gasteiger partial charge in [-0.2, -0.15) is 17.2 Å². The second-order valence-corrected chi connectivity index (χ2v) is 5.95. The number of amides is 1. The van der Waals surface area contributed by atoms with Gasteiger partial charge in [0.05, 0.1) is 13.2 Å². The van der Waals surface area contributed by atoms with Gasteiger partial charge in [0.15, 0.2) is 0 Å². The van der Waals surface area contributed by atoms with Crippen LogP contribution in [0.2, 0.25) is 0 Å². The Kier molecular flexibility index (Phi) is 4.63. The summed E-state index contributed by atoms with van der Waals surface area (Å²) in [5, 5.41) is -3.22. The van der Waals surface area contributed by atoms with Gasteiger partial charge < -0.3 is 14.8 Å². The van der Waals surface area contributed by atoms with Gasteiger partial charge in [-0.15, -0.1) is 0 Å². The summed E-state index contributed by atoms with van der Waals surface area (Å²) in [7, 11) is -5.80. The summed E-state index contributed by atoms with van der Waals surface area (Å²) in [6.07, 6.45) is 0.107. The summed E-state index contributed by atoms with van der Waals surface area (Å²) in [5.41, 5.74) is 0.994. The van der Waals surface area contributed by atoms with E-state index >= 15 is 0 Å². The standard InChI is InChI=1S/C12H13F2NO6S/c13-12(14,22(17,18)19)11(16)15-5-6-20-9-3-1-8(2-4-9)10-7-21-10/h1-4,10H,5-7H2,(H,15,16)(H,17,18,19). The number of alkyl halides is 2. The minimum absolute atomic E-state index is 0.107. The van der Waals surface area contributed by atoms with E-state index in [0.717, 1.165) is 5.56 Å². The second-order valence-electron chi connectivity index (χ2n) is 4.49. The van der Waals surface area contributed by atoms with E-state index in [0.29, 0.717) is 12.4 Å². The number of carbonyl (C=O) groups is 1. The number of nitrogens with one attached hydrogen (secondary N) is 1. The third-order valence-corrected chi connectivity index (χ3v) is 3.66. The van der Waals surface area contributed by atoms with Gasteiger partial charge in [0.25, 0.3) is 0 Å². The Morgan fingerprint density at radius 3 is 2.50 bits per heavy atom. The molecule has 1 heterocycles. The molecule has 0 aromatic heterocycles. The first-order chi connectivity index (χ1) is 10.2. The molecule has 10 heteroatoms. The predicted molar refractivity (Wildman–Crippen MR) is 70.1 cm³/mol. The molecule has 0 spiro atoms. The molecule has 0 aliphatic carbocycles. The third kappa shape index (κ3) is 3.90. The Morgan fingerprint density at radius 2 is 2.00 bits per heavy atom. The van der Waals surface area contributed by atoms with Crippen molar-refractivity contribution in [1.82, 2.24) is 5.32 Å². The minimum atomic E-state index is -5.80. The molecule has 0 saturated carbocycles. The van der Waals surface area contributed by atoms with Crippen LogP contribution in [0.25, 0.3) is 0 Å². The van der Waals surface area contributed by atoms with Gasteiger partial charge in [0, 0.05) is 0 Å². The average molecular weight is 337 g/mol. The second kappa shape index (κ2) is 6.15. The Hall–Kier alpha value is -1.78. The van der Waals surface area contributed by atoms with E-state index in [1.54, 1.807) is 29.6 Å². The highest BCUT2D eigenvalue weighted by atomic mass is 32.2. The van der Waals surface area contributed by atoms with E-state index in [-0.39, 0.29) is 19.3 Å². The lowest BCUT2D eigenvalue weighted by Gasteiger charge is -2.13. The summed E-state index contributed by atoms with van der Waals surface area (Å²) in [6, 6.07) is 6.90. The van der Waals surface area contributed by atoms with E-state index in [2.05, 4.69) is 0 Å². The van der Waals surface area contributed by atoms with Crippen LogP contribution in [0.5, 0.6) is 5.75 Å². The monoisotopic (exact) mass is 337 g/mol. The predicted octanol–water partition coefficient (Wildman–Crippen LogP) is 0.733. The summed E-state index contributed by atoms with van der Waals surface area (Å²) in [5.74, 6) is -1.65. The molecule has 0 bridgehead atoms. The number of epoxide rings is 1. The Labute approximate surface area is 125 Å². The molecule has 2 rings (SSSR count). The van der Waals surface area contributed by atoms with Crippen molar-refractivity contribution in [3.8, 4) is 5.75 Å². The number of benzene rings is 1. The number of halogens is 2. The largest absolute Gasteiger partial charge is 0.492 e. The SMILES string of the molecule is O=C(NCCOc1ccc(C2CO2)cc1)C(F)(F)S(=O)(=O)O. The maximum absolute atomic E-state index is 12.9. The fraction of sp³-hybridized carbons (Fsp3) is 0.417. The molecule has 1 saturated heterocycles. The van der Waals surface area contributed by atoms with E-state index in [1.807, 2.05) is 0 Å². The van der Waals surface area contributed by atoms with Crippen molar-refractivity contribution in [3.63, 3.8) is 0 Å². The molecule has 122 valence electrons. The van der Waals surface area contributed by atoms with Crippen LogP contribution in [0, 0.1) is 0 Å². The Balaban J connectivity index is 1.76. The average Bonchev–Trinajstić information content (AvgIpc) is 3.27.